The molecule has 35 heavy (non-hydrogen) atoms. The van der Waals surface area contributed by atoms with E-state index in [0.717, 1.165) is 24.0 Å². The van der Waals surface area contributed by atoms with Gasteiger partial charge in [0.15, 0.2) is 11.5 Å². The van der Waals surface area contributed by atoms with Gasteiger partial charge in [-0.2, -0.15) is 0 Å². The van der Waals surface area contributed by atoms with Crippen molar-refractivity contribution in [2.45, 2.75) is 43.8 Å². The van der Waals surface area contributed by atoms with Gasteiger partial charge in [0.2, 0.25) is 11.7 Å². The van der Waals surface area contributed by atoms with Crippen LogP contribution in [0.25, 0.3) is 0 Å². The van der Waals surface area contributed by atoms with Gasteiger partial charge in [0.25, 0.3) is 11.7 Å². The fourth-order valence-corrected chi connectivity index (χ4v) is 5.98. The molecule has 2 bridgehead atoms. The Hall–Kier alpha value is -3.26. The molecule has 0 N–H and O–H groups in total. The number of nitrogens with zero attached hydrogens (tertiary/aromatic N) is 2. The standard InChI is InChI=1S/C26H27ClN2O6/c1-33-20-11-15(12-21(34-2)24(20)35-3)23(30)26(32)29-18-5-4-6-19(29)25(31)28-10-9-14-7-8-16(27)13-17(14)22(18)28/h7-8,11-13,18-19,22H,4-6,9-10H2,1-3H3/t18-,19+,22?/m1/s1. The molecule has 3 aliphatic heterocycles. The highest BCUT2D eigenvalue weighted by molar-refractivity contribution is 6.43. The highest BCUT2D eigenvalue weighted by Gasteiger charge is 2.53. The van der Waals surface area contributed by atoms with E-state index in [1.807, 2.05) is 23.1 Å². The highest BCUT2D eigenvalue weighted by Crippen LogP contribution is 2.45. The first-order chi connectivity index (χ1) is 16.9. The average molecular weight is 499 g/mol. The molecule has 8 nitrogen and oxygen atoms in total. The van der Waals surface area contributed by atoms with Crippen LogP contribution in [0, 0.1) is 0 Å². The number of methoxy groups -OCH3 is 3. The third kappa shape index (κ3) is 3.71. The number of carbonyl (C=O) groups excluding carboxylic acids is 3. The SMILES string of the molecule is COc1cc(C(=O)C(=O)N2[C@@H]3CCC[C@H]2C(=O)N2CCc4ccc(Cl)cc4C32)cc(OC)c1OC. The summed E-state index contributed by atoms with van der Waals surface area (Å²) in [7, 11) is 4.36. The molecule has 3 heterocycles. The molecule has 184 valence electrons. The maximum absolute atomic E-state index is 13.7. The van der Waals surface area contributed by atoms with E-state index in [2.05, 4.69) is 0 Å². The number of piperazine rings is 1. The second-order valence-corrected chi connectivity index (χ2v) is 9.48. The molecule has 0 saturated carbocycles. The Labute approximate surface area is 208 Å². The maximum atomic E-state index is 13.7. The van der Waals surface area contributed by atoms with E-state index in [1.165, 1.54) is 38.4 Å². The van der Waals surface area contributed by atoms with Crippen molar-refractivity contribution in [3.8, 4) is 17.2 Å². The molecule has 3 atom stereocenters. The van der Waals surface area contributed by atoms with E-state index >= 15 is 0 Å². The van der Waals surface area contributed by atoms with Crippen LogP contribution >= 0.6 is 11.6 Å². The fraction of sp³-hybridized carbons (Fsp3) is 0.423. The summed E-state index contributed by atoms with van der Waals surface area (Å²) in [6.07, 6.45) is 2.79. The third-order valence-electron chi connectivity index (χ3n) is 7.34. The van der Waals surface area contributed by atoms with Gasteiger partial charge >= 0.3 is 0 Å². The van der Waals surface area contributed by atoms with E-state index in [1.54, 1.807) is 0 Å². The van der Waals surface area contributed by atoms with Crippen LogP contribution in [0.5, 0.6) is 17.2 Å². The van der Waals surface area contributed by atoms with E-state index in [4.69, 9.17) is 25.8 Å². The molecule has 2 aromatic rings. The quantitative estimate of drug-likeness (QED) is 0.464. The van der Waals surface area contributed by atoms with Gasteiger partial charge in [-0.05, 0) is 61.1 Å². The largest absolute Gasteiger partial charge is 0.493 e. The summed E-state index contributed by atoms with van der Waals surface area (Å²) >= 11 is 6.32. The van der Waals surface area contributed by atoms with Gasteiger partial charge in [0.05, 0.1) is 33.4 Å². The Kier molecular flexibility index (Phi) is 6.09. The van der Waals surface area contributed by atoms with Crippen molar-refractivity contribution in [2.24, 2.45) is 0 Å². The Morgan fingerprint density at radius 3 is 2.37 bits per heavy atom. The van der Waals surface area contributed by atoms with Crippen LogP contribution in [0.3, 0.4) is 0 Å². The molecule has 0 aliphatic carbocycles. The number of hydrogen-bond donors (Lipinski definition) is 0. The van der Waals surface area contributed by atoms with Gasteiger partial charge in [-0.15, -0.1) is 0 Å². The molecule has 9 heteroatoms. The van der Waals surface area contributed by atoms with Crippen LogP contribution in [-0.4, -0.2) is 67.4 Å². The normalized spacial score (nSPS) is 22.7. The number of ketones is 1. The summed E-state index contributed by atoms with van der Waals surface area (Å²) in [5.41, 5.74) is 2.20. The molecular formula is C26H27ClN2O6. The third-order valence-corrected chi connectivity index (χ3v) is 7.58. The van der Waals surface area contributed by atoms with E-state index in [-0.39, 0.29) is 35.1 Å². The second-order valence-electron chi connectivity index (χ2n) is 9.04. The first kappa shape index (κ1) is 23.5. The maximum Gasteiger partial charge on any atom is 0.295 e. The van der Waals surface area contributed by atoms with Gasteiger partial charge in [-0.25, -0.2) is 0 Å². The summed E-state index contributed by atoms with van der Waals surface area (Å²) in [5.74, 6) is -0.640. The van der Waals surface area contributed by atoms with Crippen molar-refractivity contribution >= 4 is 29.2 Å². The first-order valence-electron chi connectivity index (χ1n) is 11.6. The zero-order valence-electron chi connectivity index (χ0n) is 19.9. The van der Waals surface area contributed by atoms with Crippen LogP contribution in [0.1, 0.15) is 46.8 Å². The number of carbonyl (C=O) groups is 3. The molecule has 0 radical (unpaired) electrons. The minimum atomic E-state index is -0.718. The molecule has 0 aromatic heterocycles. The van der Waals surface area contributed by atoms with E-state index in [0.29, 0.717) is 30.2 Å². The smallest absolute Gasteiger partial charge is 0.295 e. The van der Waals surface area contributed by atoms with E-state index < -0.39 is 17.7 Å². The topological polar surface area (TPSA) is 85.4 Å². The molecule has 2 amide bonds. The molecular weight excluding hydrogens is 472 g/mol. The first-order valence-corrected chi connectivity index (χ1v) is 12.0. The lowest BCUT2D eigenvalue weighted by Crippen LogP contribution is -2.68. The average Bonchev–Trinajstić information content (AvgIpc) is 2.89. The van der Waals surface area contributed by atoms with Gasteiger partial charge in [-0.3, -0.25) is 14.4 Å². The molecule has 2 fully saturated rings. The van der Waals surface area contributed by atoms with Crippen LogP contribution in [0.4, 0.5) is 0 Å². The molecule has 2 aromatic carbocycles. The Morgan fingerprint density at radius 1 is 1.00 bits per heavy atom. The minimum absolute atomic E-state index is 0.109. The van der Waals surface area contributed by atoms with Crippen molar-refractivity contribution in [1.82, 2.24) is 9.80 Å². The van der Waals surface area contributed by atoms with Gasteiger partial charge in [-0.1, -0.05) is 17.7 Å². The molecule has 0 spiro atoms. The monoisotopic (exact) mass is 498 g/mol. The fourth-order valence-electron chi connectivity index (χ4n) is 5.80. The van der Waals surface area contributed by atoms with Crippen molar-refractivity contribution < 1.29 is 28.6 Å². The van der Waals surface area contributed by atoms with E-state index in [9.17, 15) is 14.4 Å². The number of rotatable bonds is 5. The van der Waals surface area contributed by atoms with Gasteiger partial charge < -0.3 is 24.0 Å². The Morgan fingerprint density at radius 2 is 1.71 bits per heavy atom. The number of Topliss-reactive ketones (excluding diaryl/α,β-unsaturated/α-hetero) is 1. The number of piperidine rings is 1. The Bertz CT molecular complexity index is 1190. The minimum Gasteiger partial charge on any atom is -0.493 e. The predicted octanol–water partition coefficient (Wildman–Crippen LogP) is 3.44. The number of benzene rings is 2. The number of amides is 2. The van der Waals surface area contributed by atoms with Crippen LogP contribution < -0.4 is 14.2 Å². The zero-order chi connectivity index (χ0) is 24.9. The number of hydrogen-bond acceptors (Lipinski definition) is 6. The molecule has 3 aliphatic rings. The summed E-state index contributed by atoms with van der Waals surface area (Å²) in [5, 5.41) is 0.586. The molecule has 1 unspecified atom stereocenters. The predicted molar refractivity (Wildman–Crippen MR) is 128 cm³/mol. The van der Waals surface area contributed by atoms with Gasteiger partial charge in [0.1, 0.15) is 6.04 Å². The number of fused-ring (bicyclic) bond motifs is 6. The molecule has 5 rings (SSSR count). The van der Waals surface area contributed by atoms with Crippen LogP contribution in [0.2, 0.25) is 5.02 Å². The van der Waals surface area contributed by atoms with Crippen molar-refractivity contribution in [1.29, 1.82) is 0 Å². The van der Waals surface area contributed by atoms with Gasteiger partial charge in [0, 0.05) is 17.1 Å². The van der Waals surface area contributed by atoms with Crippen molar-refractivity contribution in [2.75, 3.05) is 27.9 Å². The number of halogens is 1. The van der Waals surface area contributed by atoms with Crippen molar-refractivity contribution in [3.63, 3.8) is 0 Å². The lowest BCUT2D eigenvalue weighted by Gasteiger charge is -2.55. The summed E-state index contributed by atoms with van der Waals surface area (Å²) in [6.45, 7) is 0.591. The summed E-state index contributed by atoms with van der Waals surface area (Å²) in [6, 6.07) is 7.38. The van der Waals surface area contributed by atoms with Crippen LogP contribution in [0.15, 0.2) is 30.3 Å². The zero-order valence-corrected chi connectivity index (χ0v) is 20.6. The summed E-state index contributed by atoms with van der Waals surface area (Å²) < 4.78 is 16.0. The highest BCUT2D eigenvalue weighted by atomic mass is 35.5. The molecule has 2 saturated heterocycles. The lowest BCUT2D eigenvalue weighted by atomic mass is 9.78. The van der Waals surface area contributed by atoms with Crippen molar-refractivity contribution in [3.05, 3.63) is 52.0 Å². The van der Waals surface area contributed by atoms with Crippen LogP contribution in [-0.2, 0) is 16.0 Å². The second kappa shape index (κ2) is 9.07. The lowest BCUT2D eigenvalue weighted by molar-refractivity contribution is -0.164. The number of ether oxygens (including phenoxy) is 3. The Balaban J connectivity index is 1.54. The summed E-state index contributed by atoms with van der Waals surface area (Å²) in [4.78, 5) is 44.2.